The van der Waals surface area contributed by atoms with E-state index in [1.165, 1.54) is 7.11 Å². The number of morpholine rings is 1. The Labute approximate surface area is 196 Å². The molecule has 5 rings (SSSR count). The number of ether oxygens (including phenoxy) is 2. The molecule has 0 radical (unpaired) electrons. The maximum atomic E-state index is 11.8. The minimum atomic E-state index is -3.50. The van der Waals surface area contributed by atoms with Gasteiger partial charge in [-0.05, 0) is 23.8 Å². The number of nitrogens with zero attached hydrogens (tertiary/aromatic N) is 6. The van der Waals surface area contributed by atoms with Gasteiger partial charge in [0, 0.05) is 37.8 Å². The van der Waals surface area contributed by atoms with Gasteiger partial charge >= 0.3 is 0 Å². The highest BCUT2D eigenvalue weighted by molar-refractivity contribution is 7.92. The first-order chi connectivity index (χ1) is 16.4. The highest BCUT2D eigenvalue weighted by Crippen LogP contribution is 2.30. The first-order valence-corrected chi connectivity index (χ1v) is 12.8. The number of sulfonamides is 1. The predicted molar refractivity (Wildman–Crippen MR) is 128 cm³/mol. The number of fused-ring (bicyclic) bond motifs is 3. The molecule has 0 saturated carbocycles. The minimum Gasteiger partial charge on any atom is -0.480 e. The van der Waals surface area contributed by atoms with Crippen molar-refractivity contribution < 1.29 is 17.9 Å². The number of methoxy groups -OCH3 is 1. The molecule has 12 heteroatoms. The van der Waals surface area contributed by atoms with E-state index in [1.807, 2.05) is 22.6 Å². The average Bonchev–Trinajstić information content (AvgIpc) is 3.26. The predicted octanol–water partition coefficient (Wildman–Crippen LogP) is 1.59. The molecule has 1 aromatic carbocycles. The van der Waals surface area contributed by atoms with Crippen LogP contribution in [0.4, 0.5) is 5.69 Å². The van der Waals surface area contributed by atoms with E-state index in [2.05, 4.69) is 29.8 Å². The first kappa shape index (κ1) is 22.4. The van der Waals surface area contributed by atoms with Gasteiger partial charge in [-0.25, -0.2) is 13.4 Å². The van der Waals surface area contributed by atoms with Crippen LogP contribution in [0.25, 0.3) is 27.8 Å². The zero-order valence-corrected chi connectivity index (χ0v) is 19.7. The monoisotopic (exact) mass is 483 g/mol. The lowest BCUT2D eigenvalue weighted by molar-refractivity contribution is 0.0382. The van der Waals surface area contributed by atoms with Crippen molar-refractivity contribution in [2.75, 3.05) is 50.9 Å². The fourth-order valence-electron chi connectivity index (χ4n) is 4.09. The van der Waals surface area contributed by atoms with Crippen molar-refractivity contribution in [1.29, 1.82) is 0 Å². The Balaban J connectivity index is 1.54. The molecule has 0 unspecified atom stereocenters. The molecule has 4 aromatic rings. The van der Waals surface area contributed by atoms with E-state index in [-0.39, 0.29) is 11.6 Å². The molecule has 4 heterocycles. The second-order valence-electron chi connectivity index (χ2n) is 8.13. The summed E-state index contributed by atoms with van der Waals surface area (Å²) in [6.45, 7) is 4.21. The molecule has 178 valence electrons. The summed E-state index contributed by atoms with van der Waals surface area (Å²) in [6.07, 6.45) is 5.20. The van der Waals surface area contributed by atoms with Gasteiger partial charge in [0.1, 0.15) is 11.5 Å². The normalized spacial score (nSPS) is 15.1. The van der Waals surface area contributed by atoms with Gasteiger partial charge in [0.2, 0.25) is 15.9 Å². The molecule has 0 aliphatic carbocycles. The van der Waals surface area contributed by atoms with E-state index >= 15 is 0 Å². The molecule has 1 aliphatic rings. The molecule has 1 saturated heterocycles. The quantitative estimate of drug-likeness (QED) is 0.417. The van der Waals surface area contributed by atoms with Crippen LogP contribution in [-0.4, -0.2) is 84.1 Å². The maximum Gasteiger partial charge on any atom is 0.238 e. The molecule has 1 N–H and O–H groups in total. The topological polar surface area (TPSA) is 124 Å². The summed E-state index contributed by atoms with van der Waals surface area (Å²) < 4.78 is 38.7. The third-order valence-electron chi connectivity index (χ3n) is 5.72. The SMILES string of the molecule is COc1ncc(-c2ccc3ncc4nnc(CCN5CCOCC5)n4c3c2)cc1NS(C)(=O)=O. The smallest absolute Gasteiger partial charge is 0.238 e. The first-order valence-electron chi connectivity index (χ1n) is 10.9. The molecule has 0 amide bonds. The van der Waals surface area contributed by atoms with Gasteiger partial charge in [0.15, 0.2) is 5.65 Å². The molecule has 1 aliphatic heterocycles. The van der Waals surface area contributed by atoms with Crippen molar-refractivity contribution in [1.82, 2.24) is 29.5 Å². The fourth-order valence-corrected chi connectivity index (χ4v) is 4.63. The van der Waals surface area contributed by atoms with Gasteiger partial charge in [0.25, 0.3) is 0 Å². The molecule has 34 heavy (non-hydrogen) atoms. The number of pyridine rings is 1. The second kappa shape index (κ2) is 9.12. The third kappa shape index (κ3) is 4.65. The van der Waals surface area contributed by atoms with Crippen molar-refractivity contribution in [3.63, 3.8) is 0 Å². The zero-order valence-electron chi connectivity index (χ0n) is 18.9. The summed E-state index contributed by atoms with van der Waals surface area (Å²) in [7, 11) is -2.06. The largest absolute Gasteiger partial charge is 0.480 e. The summed E-state index contributed by atoms with van der Waals surface area (Å²) in [6, 6.07) is 7.54. The van der Waals surface area contributed by atoms with Crippen molar-refractivity contribution in [3.05, 3.63) is 42.5 Å². The Hall–Kier alpha value is -3.35. The Kier molecular flexibility index (Phi) is 6.02. The highest BCUT2D eigenvalue weighted by Gasteiger charge is 2.16. The second-order valence-corrected chi connectivity index (χ2v) is 9.88. The van der Waals surface area contributed by atoms with Gasteiger partial charge in [-0.15, -0.1) is 10.2 Å². The maximum absolute atomic E-state index is 11.8. The highest BCUT2D eigenvalue weighted by atomic mass is 32.2. The van der Waals surface area contributed by atoms with Gasteiger partial charge in [-0.1, -0.05) is 6.07 Å². The molecule has 3 aromatic heterocycles. The molecule has 0 atom stereocenters. The van der Waals surface area contributed by atoms with Crippen LogP contribution in [0.2, 0.25) is 0 Å². The van der Waals surface area contributed by atoms with Crippen LogP contribution in [0, 0.1) is 0 Å². The molecular weight excluding hydrogens is 458 g/mol. The number of hydrogen-bond donors (Lipinski definition) is 1. The molecule has 0 bridgehead atoms. The van der Waals surface area contributed by atoms with Crippen LogP contribution in [-0.2, 0) is 21.2 Å². The molecule has 1 fully saturated rings. The van der Waals surface area contributed by atoms with Crippen LogP contribution < -0.4 is 9.46 Å². The van der Waals surface area contributed by atoms with Crippen molar-refractivity contribution in [2.45, 2.75) is 6.42 Å². The van der Waals surface area contributed by atoms with Crippen LogP contribution in [0.15, 0.2) is 36.7 Å². The van der Waals surface area contributed by atoms with E-state index < -0.39 is 10.0 Å². The van der Waals surface area contributed by atoms with Crippen molar-refractivity contribution in [2.24, 2.45) is 0 Å². The lowest BCUT2D eigenvalue weighted by Crippen LogP contribution is -2.37. The van der Waals surface area contributed by atoms with Crippen molar-refractivity contribution >= 4 is 32.4 Å². The van der Waals surface area contributed by atoms with E-state index in [0.29, 0.717) is 5.65 Å². The van der Waals surface area contributed by atoms with Crippen LogP contribution in [0.5, 0.6) is 5.88 Å². The van der Waals surface area contributed by atoms with E-state index in [9.17, 15) is 8.42 Å². The van der Waals surface area contributed by atoms with Crippen LogP contribution in [0.3, 0.4) is 0 Å². The summed E-state index contributed by atoms with van der Waals surface area (Å²) in [5, 5.41) is 8.73. The number of anilines is 1. The standard InChI is InChI=1S/C22H25N7O4S/c1-32-22-18(27-34(2,30)31)11-16(13-24-22)15-3-4-17-19(12-15)29-20(25-26-21(29)14-23-17)5-6-28-7-9-33-10-8-28/h3-4,11-14,27H,5-10H2,1-2H3. The van der Waals surface area contributed by atoms with Crippen LogP contribution in [0.1, 0.15) is 5.82 Å². The van der Waals surface area contributed by atoms with Gasteiger partial charge in [0.05, 0.1) is 43.8 Å². The molecule has 0 spiro atoms. The average molecular weight is 484 g/mol. The summed E-state index contributed by atoms with van der Waals surface area (Å²) >= 11 is 0. The lowest BCUT2D eigenvalue weighted by atomic mass is 10.1. The number of hydrogen-bond acceptors (Lipinski definition) is 9. The summed E-state index contributed by atoms with van der Waals surface area (Å²) in [5.74, 6) is 1.06. The Morgan fingerprint density at radius 3 is 2.68 bits per heavy atom. The summed E-state index contributed by atoms with van der Waals surface area (Å²) in [5.41, 5.74) is 4.20. The van der Waals surface area contributed by atoms with E-state index in [1.54, 1.807) is 18.5 Å². The number of benzene rings is 1. The minimum absolute atomic E-state index is 0.197. The van der Waals surface area contributed by atoms with Crippen LogP contribution >= 0.6 is 0 Å². The Morgan fingerprint density at radius 1 is 1.09 bits per heavy atom. The number of nitrogens with one attached hydrogen (secondary N) is 1. The zero-order chi connectivity index (χ0) is 23.7. The molecular formula is C22H25N7O4S. The van der Waals surface area contributed by atoms with E-state index in [4.69, 9.17) is 9.47 Å². The van der Waals surface area contributed by atoms with Gasteiger partial charge in [-0.2, -0.15) is 0 Å². The van der Waals surface area contributed by atoms with Crippen molar-refractivity contribution in [3.8, 4) is 17.0 Å². The number of aromatic nitrogens is 5. The van der Waals surface area contributed by atoms with Gasteiger partial charge < -0.3 is 9.47 Å². The Bertz CT molecular complexity index is 1450. The van der Waals surface area contributed by atoms with Gasteiger partial charge in [-0.3, -0.25) is 19.0 Å². The van der Waals surface area contributed by atoms with E-state index in [0.717, 1.165) is 73.5 Å². The molecule has 11 nitrogen and oxygen atoms in total. The fraction of sp³-hybridized carbons (Fsp3) is 0.364. The lowest BCUT2D eigenvalue weighted by Gasteiger charge is -2.26. The Morgan fingerprint density at radius 2 is 1.91 bits per heavy atom. The summed E-state index contributed by atoms with van der Waals surface area (Å²) in [4.78, 5) is 11.2. The number of rotatable bonds is 7. The third-order valence-corrected chi connectivity index (χ3v) is 6.31.